The summed E-state index contributed by atoms with van der Waals surface area (Å²) in [5, 5.41) is 3.52. The van der Waals surface area contributed by atoms with Crippen molar-refractivity contribution in [1.29, 1.82) is 0 Å². The minimum Gasteiger partial charge on any atom is -0.497 e. The van der Waals surface area contributed by atoms with Gasteiger partial charge in [-0.2, -0.15) is 0 Å². The van der Waals surface area contributed by atoms with E-state index in [1.165, 1.54) is 22.4 Å². The van der Waals surface area contributed by atoms with Crippen molar-refractivity contribution in [2.24, 2.45) is 0 Å². The third kappa shape index (κ3) is 2.06. The monoisotopic (exact) mass is 239 g/mol. The van der Waals surface area contributed by atoms with Gasteiger partial charge in [-0.25, -0.2) is 0 Å². The molecule has 0 unspecified atom stereocenters. The summed E-state index contributed by atoms with van der Waals surface area (Å²) in [6.07, 6.45) is 2.15. The van der Waals surface area contributed by atoms with E-state index < -0.39 is 0 Å². The number of rotatable bonds is 1. The van der Waals surface area contributed by atoms with E-state index in [2.05, 4.69) is 41.7 Å². The van der Waals surface area contributed by atoms with Crippen LogP contribution < -0.4 is 10.1 Å². The fourth-order valence-electron chi connectivity index (χ4n) is 2.50. The number of hydrogen-bond acceptors (Lipinski definition) is 2. The lowest BCUT2D eigenvalue weighted by molar-refractivity contribution is 0.414. The summed E-state index contributed by atoms with van der Waals surface area (Å²) in [5.41, 5.74) is 5.41. The predicted molar refractivity (Wildman–Crippen MR) is 74.2 cm³/mol. The molecule has 0 atom stereocenters. The molecule has 1 aliphatic heterocycles. The van der Waals surface area contributed by atoms with Crippen LogP contribution >= 0.6 is 0 Å². The summed E-state index contributed by atoms with van der Waals surface area (Å²) < 4.78 is 5.30. The van der Waals surface area contributed by atoms with Gasteiger partial charge in [-0.05, 0) is 47.7 Å². The second kappa shape index (κ2) is 4.73. The number of fused-ring (bicyclic) bond motifs is 2. The largest absolute Gasteiger partial charge is 0.497 e. The van der Waals surface area contributed by atoms with Crippen LogP contribution in [-0.4, -0.2) is 7.11 Å². The highest BCUT2D eigenvalue weighted by Crippen LogP contribution is 2.25. The lowest BCUT2D eigenvalue weighted by atomic mass is 9.96. The Labute approximate surface area is 108 Å². The van der Waals surface area contributed by atoms with Gasteiger partial charge in [0.2, 0.25) is 0 Å². The van der Waals surface area contributed by atoms with Crippen molar-refractivity contribution in [3.05, 3.63) is 59.2 Å². The van der Waals surface area contributed by atoms with E-state index in [9.17, 15) is 0 Å². The van der Waals surface area contributed by atoms with Crippen LogP contribution in [0.1, 0.15) is 16.7 Å². The Morgan fingerprint density at radius 1 is 0.944 bits per heavy atom. The molecule has 1 heterocycles. The van der Waals surface area contributed by atoms with Crippen LogP contribution in [0, 0.1) is 0 Å². The summed E-state index contributed by atoms with van der Waals surface area (Å²) in [6.45, 7) is 0.885. The molecule has 1 aliphatic rings. The van der Waals surface area contributed by atoms with Crippen LogP contribution in [0.5, 0.6) is 5.75 Å². The van der Waals surface area contributed by atoms with Crippen molar-refractivity contribution in [3.8, 4) is 5.75 Å². The van der Waals surface area contributed by atoms with Gasteiger partial charge in [-0.3, -0.25) is 0 Å². The molecular formula is C16H17NO. The average molecular weight is 239 g/mol. The molecule has 3 rings (SSSR count). The summed E-state index contributed by atoms with van der Waals surface area (Å²) in [5.74, 6) is 0.947. The number of methoxy groups -OCH3 is 1. The van der Waals surface area contributed by atoms with Gasteiger partial charge in [0.15, 0.2) is 0 Å². The van der Waals surface area contributed by atoms with Gasteiger partial charge in [0, 0.05) is 12.2 Å². The zero-order valence-corrected chi connectivity index (χ0v) is 10.6. The van der Waals surface area contributed by atoms with Crippen molar-refractivity contribution in [2.75, 3.05) is 12.4 Å². The maximum atomic E-state index is 5.30. The highest BCUT2D eigenvalue weighted by Gasteiger charge is 2.10. The molecule has 0 radical (unpaired) electrons. The zero-order valence-electron chi connectivity index (χ0n) is 10.6. The molecule has 0 fully saturated rings. The summed E-state index contributed by atoms with van der Waals surface area (Å²) >= 11 is 0. The second-order valence-electron chi connectivity index (χ2n) is 4.65. The molecule has 0 bridgehead atoms. The van der Waals surface area contributed by atoms with Gasteiger partial charge in [0.25, 0.3) is 0 Å². The van der Waals surface area contributed by atoms with Crippen molar-refractivity contribution >= 4 is 5.69 Å². The van der Waals surface area contributed by atoms with Gasteiger partial charge >= 0.3 is 0 Å². The fraction of sp³-hybridized carbons (Fsp3) is 0.250. The third-order valence-electron chi connectivity index (χ3n) is 3.56. The predicted octanol–water partition coefficient (Wildman–Crippen LogP) is 3.41. The average Bonchev–Trinajstić information content (AvgIpc) is 2.41. The number of para-hydroxylation sites is 1. The van der Waals surface area contributed by atoms with Crippen LogP contribution in [0.15, 0.2) is 42.5 Å². The fourth-order valence-corrected chi connectivity index (χ4v) is 2.50. The van der Waals surface area contributed by atoms with E-state index >= 15 is 0 Å². The van der Waals surface area contributed by atoms with E-state index in [0.717, 1.165) is 25.1 Å². The van der Waals surface area contributed by atoms with E-state index in [0.29, 0.717) is 0 Å². The van der Waals surface area contributed by atoms with Crippen molar-refractivity contribution in [2.45, 2.75) is 19.4 Å². The molecule has 2 heteroatoms. The Balaban J connectivity index is 1.94. The number of nitrogens with one attached hydrogen (secondary N) is 1. The molecular weight excluding hydrogens is 222 g/mol. The number of anilines is 1. The normalized spacial score (nSPS) is 13.6. The highest BCUT2D eigenvalue weighted by molar-refractivity contribution is 5.53. The number of ether oxygens (including phenoxy) is 1. The van der Waals surface area contributed by atoms with E-state index in [-0.39, 0.29) is 0 Å². The molecule has 2 aromatic rings. The third-order valence-corrected chi connectivity index (χ3v) is 3.56. The van der Waals surface area contributed by atoms with Crippen LogP contribution in [-0.2, 0) is 19.4 Å². The van der Waals surface area contributed by atoms with Crippen LogP contribution in [0.25, 0.3) is 0 Å². The lowest BCUT2D eigenvalue weighted by Gasteiger charge is -2.19. The molecule has 0 spiro atoms. The van der Waals surface area contributed by atoms with Crippen LogP contribution in [0.4, 0.5) is 5.69 Å². The van der Waals surface area contributed by atoms with Crippen LogP contribution in [0.3, 0.4) is 0 Å². The smallest absolute Gasteiger partial charge is 0.119 e. The molecule has 92 valence electrons. The quantitative estimate of drug-likeness (QED) is 0.823. The molecule has 18 heavy (non-hydrogen) atoms. The Kier molecular flexibility index (Phi) is 2.93. The number of aryl methyl sites for hydroxylation is 2. The van der Waals surface area contributed by atoms with E-state index in [4.69, 9.17) is 4.74 Å². The first-order valence-electron chi connectivity index (χ1n) is 6.34. The van der Waals surface area contributed by atoms with E-state index in [1.807, 2.05) is 6.07 Å². The van der Waals surface area contributed by atoms with Gasteiger partial charge in [-0.1, -0.05) is 24.3 Å². The minimum atomic E-state index is 0.885. The summed E-state index contributed by atoms with van der Waals surface area (Å²) in [6, 6.07) is 14.9. The van der Waals surface area contributed by atoms with E-state index in [1.54, 1.807) is 7.11 Å². The second-order valence-corrected chi connectivity index (χ2v) is 4.65. The van der Waals surface area contributed by atoms with Crippen molar-refractivity contribution < 1.29 is 4.74 Å². The number of hydrogen-bond donors (Lipinski definition) is 1. The Morgan fingerprint density at radius 2 is 1.78 bits per heavy atom. The molecule has 0 aromatic heterocycles. The SMILES string of the molecule is COc1ccc2c(c1)CCc1ccccc1NC2. The van der Waals surface area contributed by atoms with Gasteiger partial charge in [-0.15, -0.1) is 0 Å². The maximum Gasteiger partial charge on any atom is 0.119 e. The first-order valence-corrected chi connectivity index (χ1v) is 6.34. The maximum absolute atomic E-state index is 5.30. The lowest BCUT2D eigenvalue weighted by Crippen LogP contribution is -2.10. The number of benzene rings is 2. The first kappa shape index (κ1) is 11.1. The Hall–Kier alpha value is -1.96. The highest BCUT2D eigenvalue weighted by atomic mass is 16.5. The molecule has 0 saturated carbocycles. The van der Waals surface area contributed by atoms with Crippen molar-refractivity contribution in [1.82, 2.24) is 0 Å². The van der Waals surface area contributed by atoms with Gasteiger partial charge in [0.05, 0.1) is 7.11 Å². The molecule has 0 amide bonds. The standard InChI is InChI=1S/C16H17NO/c1-18-15-9-8-14-11-17-16-5-3-2-4-12(16)6-7-13(14)10-15/h2-5,8-10,17H,6-7,11H2,1H3. The van der Waals surface area contributed by atoms with Crippen LogP contribution in [0.2, 0.25) is 0 Å². The molecule has 0 saturated heterocycles. The zero-order chi connectivity index (χ0) is 12.4. The Bertz CT molecular complexity index is 563. The van der Waals surface area contributed by atoms with Gasteiger partial charge < -0.3 is 10.1 Å². The van der Waals surface area contributed by atoms with Crippen molar-refractivity contribution in [3.63, 3.8) is 0 Å². The molecule has 2 aromatic carbocycles. The molecule has 1 N–H and O–H groups in total. The topological polar surface area (TPSA) is 21.3 Å². The van der Waals surface area contributed by atoms with Gasteiger partial charge in [0.1, 0.15) is 5.75 Å². The Morgan fingerprint density at radius 3 is 2.67 bits per heavy atom. The summed E-state index contributed by atoms with van der Waals surface area (Å²) in [7, 11) is 1.72. The first-order chi connectivity index (χ1) is 8.86. The molecule has 2 nitrogen and oxygen atoms in total. The summed E-state index contributed by atoms with van der Waals surface area (Å²) in [4.78, 5) is 0. The molecule has 0 aliphatic carbocycles. The minimum absolute atomic E-state index is 0.885.